The van der Waals surface area contributed by atoms with Gasteiger partial charge < -0.3 is 24.3 Å². The summed E-state index contributed by atoms with van der Waals surface area (Å²) < 4.78 is 15.0. The molecule has 1 aliphatic rings. The number of ether oxygens (including phenoxy) is 2. The highest BCUT2D eigenvalue weighted by atomic mass is 16.5. The third kappa shape index (κ3) is 4.37. The Bertz CT molecular complexity index is 1670. The first-order valence-corrected chi connectivity index (χ1v) is 13.2. The number of benzene rings is 3. The second kappa shape index (κ2) is 10.3. The average molecular weight is 534 g/mol. The van der Waals surface area contributed by atoms with Crippen LogP contribution >= 0.6 is 0 Å². The summed E-state index contributed by atoms with van der Waals surface area (Å²) in [5.74, 6) is 2.07. The number of hydrogen-bond donors (Lipinski definition) is 1. The molecule has 3 aromatic carbocycles. The van der Waals surface area contributed by atoms with E-state index in [0.29, 0.717) is 23.7 Å². The van der Waals surface area contributed by atoms with E-state index in [1.165, 1.54) is 0 Å². The van der Waals surface area contributed by atoms with Crippen molar-refractivity contribution in [3.63, 3.8) is 0 Å². The molecular formula is C32H31N5O3. The zero-order chi connectivity index (χ0) is 27.8. The van der Waals surface area contributed by atoms with Gasteiger partial charge in [0.2, 0.25) is 0 Å². The Balaban J connectivity index is 1.50. The van der Waals surface area contributed by atoms with Crippen molar-refractivity contribution in [2.24, 2.45) is 0 Å². The number of anilines is 1. The summed E-state index contributed by atoms with van der Waals surface area (Å²) in [6.07, 6.45) is 2.05. The number of aryl methyl sites for hydroxylation is 2. The lowest BCUT2D eigenvalue weighted by Gasteiger charge is -2.31. The van der Waals surface area contributed by atoms with Crippen LogP contribution in [-0.4, -0.2) is 39.5 Å². The minimum absolute atomic E-state index is 0.231. The molecule has 0 bridgehead atoms. The molecule has 0 saturated heterocycles. The average Bonchev–Trinajstić information content (AvgIpc) is 3.54. The van der Waals surface area contributed by atoms with Crippen molar-refractivity contribution in [1.29, 1.82) is 0 Å². The standard InChI is InChI=1S/C32H31N5O3/c1-21-12-14-23(15-13-21)30-27-11-8-18-35(27)31-26(22(2)34-37(31)25-9-6-5-7-10-25)20-36(30)32(38)33-24-16-17-28(39-3)29(19-24)40-4/h5-19,30H,20H2,1-4H3,(H,33,38). The third-order valence-corrected chi connectivity index (χ3v) is 7.38. The highest BCUT2D eigenvalue weighted by molar-refractivity contribution is 5.90. The maximum atomic E-state index is 14.2. The van der Waals surface area contributed by atoms with Crippen molar-refractivity contribution < 1.29 is 14.3 Å². The van der Waals surface area contributed by atoms with Crippen LogP contribution in [0, 0.1) is 13.8 Å². The van der Waals surface area contributed by atoms with Crippen LogP contribution in [0.4, 0.5) is 10.5 Å². The molecule has 1 unspecified atom stereocenters. The van der Waals surface area contributed by atoms with Gasteiger partial charge in [0.05, 0.1) is 43.9 Å². The van der Waals surface area contributed by atoms with Gasteiger partial charge in [-0.25, -0.2) is 9.48 Å². The van der Waals surface area contributed by atoms with Crippen LogP contribution in [0.5, 0.6) is 11.5 Å². The predicted octanol–water partition coefficient (Wildman–Crippen LogP) is 6.43. The van der Waals surface area contributed by atoms with Gasteiger partial charge in [0, 0.05) is 23.5 Å². The number of rotatable bonds is 5. The largest absolute Gasteiger partial charge is 0.493 e. The molecule has 8 heteroatoms. The Morgan fingerprint density at radius 2 is 1.65 bits per heavy atom. The fraction of sp³-hybridized carbons (Fsp3) is 0.188. The summed E-state index contributed by atoms with van der Waals surface area (Å²) in [4.78, 5) is 16.0. The molecule has 8 nitrogen and oxygen atoms in total. The Kier molecular flexibility index (Phi) is 6.51. The molecule has 0 radical (unpaired) electrons. The summed E-state index contributed by atoms with van der Waals surface area (Å²) >= 11 is 0. The fourth-order valence-electron chi connectivity index (χ4n) is 5.36. The van der Waals surface area contributed by atoms with Crippen molar-refractivity contribution in [3.8, 4) is 23.0 Å². The van der Waals surface area contributed by atoms with Crippen molar-refractivity contribution >= 4 is 11.7 Å². The number of urea groups is 1. The van der Waals surface area contributed by atoms with Gasteiger partial charge in [-0.1, -0.05) is 48.0 Å². The quantitative estimate of drug-likeness (QED) is 0.282. The first-order valence-electron chi connectivity index (χ1n) is 13.2. The van der Waals surface area contributed by atoms with Gasteiger partial charge in [-0.05, 0) is 55.8 Å². The van der Waals surface area contributed by atoms with E-state index in [-0.39, 0.29) is 12.1 Å². The molecule has 2 aromatic heterocycles. The van der Waals surface area contributed by atoms with Crippen LogP contribution in [0.3, 0.4) is 0 Å². The minimum Gasteiger partial charge on any atom is -0.493 e. The molecule has 0 saturated carbocycles. The fourth-order valence-corrected chi connectivity index (χ4v) is 5.36. The molecule has 202 valence electrons. The summed E-state index contributed by atoms with van der Waals surface area (Å²) in [5.41, 5.74) is 6.58. The SMILES string of the molecule is COc1ccc(NC(=O)N2Cc3c(C)nn(-c4ccccc4)c3-n3cccc3C2c2ccc(C)cc2)cc1OC. The summed E-state index contributed by atoms with van der Waals surface area (Å²) in [7, 11) is 3.17. The Morgan fingerprint density at radius 3 is 2.38 bits per heavy atom. The maximum absolute atomic E-state index is 14.2. The van der Waals surface area contributed by atoms with Gasteiger partial charge in [-0.3, -0.25) is 0 Å². The number of fused-ring (bicyclic) bond motifs is 3. The second-order valence-electron chi connectivity index (χ2n) is 9.88. The zero-order valence-corrected chi connectivity index (χ0v) is 23.0. The molecule has 1 N–H and O–H groups in total. The molecule has 6 rings (SSSR count). The molecule has 0 aliphatic carbocycles. The summed E-state index contributed by atoms with van der Waals surface area (Å²) in [6, 6.07) is 27.3. The van der Waals surface area contributed by atoms with Crippen LogP contribution in [0.25, 0.3) is 11.5 Å². The molecule has 1 atom stereocenters. The van der Waals surface area contributed by atoms with E-state index in [0.717, 1.165) is 39.6 Å². The van der Waals surface area contributed by atoms with E-state index in [4.69, 9.17) is 14.6 Å². The third-order valence-electron chi connectivity index (χ3n) is 7.38. The van der Waals surface area contributed by atoms with Gasteiger partial charge in [0.1, 0.15) is 5.82 Å². The normalized spacial score (nSPS) is 14.2. The number of carbonyl (C=O) groups is 1. The Hall–Kier alpha value is -4.98. The van der Waals surface area contributed by atoms with Crippen LogP contribution in [0.2, 0.25) is 0 Å². The van der Waals surface area contributed by atoms with Crippen LogP contribution < -0.4 is 14.8 Å². The predicted molar refractivity (Wildman–Crippen MR) is 155 cm³/mol. The number of aromatic nitrogens is 3. The summed E-state index contributed by atoms with van der Waals surface area (Å²) in [6.45, 7) is 4.43. The molecule has 1 aliphatic heterocycles. The molecule has 3 heterocycles. The first-order chi connectivity index (χ1) is 19.5. The molecular weight excluding hydrogens is 502 g/mol. The van der Waals surface area contributed by atoms with E-state index in [9.17, 15) is 4.79 Å². The Morgan fingerprint density at radius 1 is 0.900 bits per heavy atom. The Labute approximate surface area is 233 Å². The zero-order valence-electron chi connectivity index (χ0n) is 23.0. The van der Waals surface area contributed by atoms with Gasteiger partial charge in [0.15, 0.2) is 11.5 Å². The van der Waals surface area contributed by atoms with Gasteiger partial charge >= 0.3 is 6.03 Å². The molecule has 40 heavy (non-hydrogen) atoms. The van der Waals surface area contributed by atoms with Crippen LogP contribution in [0.1, 0.15) is 34.1 Å². The number of carbonyl (C=O) groups excluding carboxylic acids is 1. The number of nitrogens with zero attached hydrogens (tertiary/aromatic N) is 4. The van der Waals surface area contributed by atoms with Crippen molar-refractivity contribution in [3.05, 3.63) is 119 Å². The highest BCUT2D eigenvalue weighted by Crippen LogP contribution is 2.39. The number of hydrogen-bond acceptors (Lipinski definition) is 4. The number of para-hydroxylation sites is 1. The smallest absolute Gasteiger partial charge is 0.322 e. The number of methoxy groups -OCH3 is 2. The monoisotopic (exact) mass is 533 g/mol. The molecule has 0 spiro atoms. The van der Waals surface area contributed by atoms with E-state index in [1.54, 1.807) is 26.4 Å². The van der Waals surface area contributed by atoms with E-state index in [2.05, 4.69) is 47.1 Å². The van der Waals surface area contributed by atoms with Crippen molar-refractivity contribution in [2.75, 3.05) is 19.5 Å². The van der Waals surface area contributed by atoms with Gasteiger partial charge in [-0.15, -0.1) is 0 Å². The lowest BCUT2D eigenvalue weighted by molar-refractivity contribution is 0.194. The minimum atomic E-state index is -0.341. The summed E-state index contributed by atoms with van der Waals surface area (Å²) in [5, 5.41) is 8.02. The van der Waals surface area contributed by atoms with E-state index in [1.807, 2.05) is 65.2 Å². The van der Waals surface area contributed by atoms with Crippen LogP contribution in [-0.2, 0) is 6.54 Å². The van der Waals surface area contributed by atoms with Crippen LogP contribution in [0.15, 0.2) is 91.1 Å². The van der Waals surface area contributed by atoms with Gasteiger partial charge in [0.25, 0.3) is 0 Å². The lowest BCUT2D eigenvalue weighted by Crippen LogP contribution is -2.38. The second-order valence-corrected chi connectivity index (χ2v) is 9.88. The van der Waals surface area contributed by atoms with Crippen molar-refractivity contribution in [2.45, 2.75) is 26.4 Å². The molecule has 2 amide bonds. The topological polar surface area (TPSA) is 73.5 Å². The van der Waals surface area contributed by atoms with Crippen molar-refractivity contribution in [1.82, 2.24) is 19.2 Å². The lowest BCUT2D eigenvalue weighted by atomic mass is 10.0. The number of nitrogens with one attached hydrogen (secondary N) is 1. The number of amides is 2. The van der Waals surface area contributed by atoms with Gasteiger partial charge in [-0.2, -0.15) is 5.10 Å². The first kappa shape index (κ1) is 25.3. The van der Waals surface area contributed by atoms with E-state index < -0.39 is 0 Å². The van der Waals surface area contributed by atoms with E-state index >= 15 is 0 Å². The maximum Gasteiger partial charge on any atom is 0.322 e. The highest BCUT2D eigenvalue weighted by Gasteiger charge is 2.36. The molecule has 5 aromatic rings. The molecule has 0 fully saturated rings.